The van der Waals surface area contributed by atoms with Crippen LogP contribution in [-0.2, 0) is 7.05 Å². The number of hydrogen-bond donors (Lipinski definition) is 1. The maximum absolute atomic E-state index is 6.52. The molecule has 3 heterocycles. The lowest BCUT2D eigenvalue weighted by molar-refractivity contribution is 0.0813. The standard InChI is InChI=1S/C22H23N5O2/c1-27-25-21(24-26-27)16-8-6-15(7-9-16)17-14-22(10-12-23-13-11-22)29-19-5-3-4-18(28-2)20(17)19/h3-9,14,23H,10-13H2,1-2H3. The molecule has 1 N–H and O–H groups in total. The molecule has 1 spiro atoms. The van der Waals surface area contributed by atoms with Crippen LogP contribution >= 0.6 is 0 Å². The monoisotopic (exact) mass is 389 g/mol. The molecule has 0 saturated carbocycles. The first-order chi connectivity index (χ1) is 14.2. The minimum atomic E-state index is -0.287. The van der Waals surface area contributed by atoms with Crippen LogP contribution in [0.2, 0.25) is 0 Å². The van der Waals surface area contributed by atoms with Crippen molar-refractivity contribution in [2.45, 2.75) is 18.4 Å². The number of nitrogens with one attached hydrogen (secondary N) is 1. The van der Waals surface area contributed by atoms with Gasteiger partial charge < -0.3 is 14.8 Å². The highest BCUT2D eigenvalue weighted by Gasteiger charge is 2.38. The van der Waals surface area contributed by atoms with Crippen LogP contribution in [0.15, 0.2) is 48.5 Å². The summed E-state index contributed by atoms with van der Waals surface area (Å²) >= 11 is 0. The number of aryl methyl sites for hydroxylation is 1. The third kappa shape index (κ3) is 3.17. The van der Waals surface area contributed by atoms with Crippen LogP contribution in [0, 0.1) is 0 Å². The number of hydrogen-bond acceptors (Lipinski definition) is 6. The summed E-state index contributed by atoms with van der Waals surface area (Å²) in [6.45, 7) is 1.89. The molecule has 1 saturated heterocycles. The van der Waals surface area contributed by atoms with Crippen molar-refractivity contribution in [3.05, 3.63) is 59.7 Å². The van der Waals surface area contributed by atoms with Crippen LogP contribution in [0.25, 0.3) is 17.0 Å². The molecule has 1 aromatic heterocycles. The van der Waals surface area contributed by atoms with Gasteiger partial charge in [-0.2, -0.15) is 4.80 Å². The van der Waals surface area contributed by atoms with Gasteiger partial charge in [0.25, 0.3) is 0 Å². The molecular weight excluding hydrogens is 366 g/mol. The number of nitrogens with zero attached hydrogens (tertiary/aromatic N) is 4. The molecule has 3 aromatic rings. The van der Waals surface area contributed by atoms with E-state index in [1.807, 2.05) is 30.3 Å². The van der Waals surface area contributed by atoms with Crippen LogP contribution in [-0.4, -0.2) is 46.0 Å². The number of fused-ring (bicyclic) bond motifs is 1. The van der Waals surface area contributed by atoms with E-state index in [4.69, 9.17) is 9.47 Å². The third-order valence-corrected chi connectivity index (χ3v) is 5.61. The first-order valence-electron chi connectivity index (χ1n) is 9.82. The predicted molar refractivity (Wildman–Crippen MR) is 110 cm³/mol. The lowest BCUT2D eigenvalue weighted by Crippen LogP contribution is -2.46. The molecule has 7 heteroatoms. The molecule has 0 bridgehead atoms. The van der Waals surface area contributed by atoms with Gasteiger partial charge in [0, 0.05) is 18.4 Å². The van der Waals surface area contributed by atoms with E-state index in [-0.39, 0.29) is 5.60 Å². The van der Waals surface area contributed by atoms with E-state index in [1.165, 1.54) is 4.80 Å². The largest absolute Gasteiger partial charge is 0.496 e. The Labute approximate surface area is 169 Å². The van der Waals surface area contributed by atoms with Crippen LogP contribution in [0.5, 0.6) is 11.5 Å². The quantitative estimate of drug-likeness (QED) is 0.743. The molecule has 0 atom stereocenters. The zero-order valence-electron chi connectivity index (χ0n) is 16.6. The first-order valence-corrected chi connectivity index (χ1v) is 9.82. The van der Waals surface area contributed by atoms with E-state index >= 15 is 0 Å². The van der Waals surface area contributed by atoms with Gasteiger partial charge in [-0.25, -0.2) is 0 Å². The summed E-state index contributed by atoms with van der Waals surface area (Å²) in [5.74, 6) is 2.31. The Balaban J connectivity index is 1.61. The summed E-state index contributed by atoms with van der Waals surface area (Å²) in [7, 11) is 3.46. The van der Waals surface area contributed by atoms with Crippen molar-refractivity contribution in [1.29, 1.82) is 0 Å². The zero-order chi connectivity index (χ0) is 19.8. The fourth-order valence-corrected chi connectivity index (χ4v) is 4.14. The summed E-state index contributed by atoms with van der Waals surface area (Å²) in [5.41, 5.74) is 3.91. The van der Waals surface area contributed by atoms with Crippen molar-refractivity contribution in [3.8, 4) is 22.9 Å². The molecule has 2 aromatic carbocycles. The van der Waals surface area contributed by atoms with Crippen molar-refractivity contribution in [2.24, 2.45) is 7.05 Å². The Morgan fingerprint density at radius 1 is 1.07 bits per heavy atom. The molecule has 2 aliphatic heterocycles. The Hall–Kier alpha value is -3.19. The van der Waals surface area contributed by atoms with Crippen molar-refractivity contribution in [2.75, 3.05) is 20.2 Å². The maximum Gasteiger partial charge on any atom is 0.204 e. The topological polar surface area (TPSA) is 74.1 Å². The van der Waals surface area contributed by atoms with Crippen molar-refractivity contribution < 1.29 is 9.47 Å². The smallest absolute Gasteiger partial charge is 0.204 e. The fourth-order valence-electron chi connectivity index (χ4n) is 4.14. The van der Waals surface area contributed by atoms with Crippen LogP contribution in [0.4, 0.5) is 0 Å². The molecule has 0 radical (unpaired) electrons. The van der Waals surface area contributed by atoms with Gasteiger partial charge in [-0.3, -0.25) is 0 Å². The summed E-state index contributed by atoms with van der Waals surface area (Å²) in [5, 5.41) is 15.7. The Kier molecular flexibility index (Phi) is 4.32. The predicted octanol–water partition coefficient (Wildman–Crippen LogP) is 2.83. The van der Waals surface area contributed by atoms with E-state index in [2.05, 4.69) is 38.9 Å². The number of methoxy groups -OCH3 is 1. The van der Waals surface area contributed by atoms with Gasteiger partial charge in [0.15, 0.2) is 0 Å². The minimum Gasteiger partial charge on any atom is -0.496 e. The number of piperidine rings is 1. The number of rotatable bonds is 3. The van der Waals surface area contributed by atoms with Crippen molar-refractivity contribution >= 4 is 5.57 Å². The lowest BCUT2D eigenvalue weighted by atomic mass is 9.83. The Bertz CT molecular complexity index is 1070. The molecule has 2 aliphatic rings. The van der Waals surface area contributed by atoms with Gasteiger partial charge in [0.1, 0.15) is 17.1 Å². The van der Waals surface area contributed by atoms with Crippen LogP contribution < -0.4 is 14.8 Å². The highest BCUT2D eigenvalue weighted by atomic mass is 16.5. The minimum absolute atomic E-state index is 0.287. The number of tetrazole rings is 1. The fraction of sp³-hybridized carbons (Fsp3) is 0.318. The van der Waals surface area contributed by atoms with Gasteiger partial charge >= 0.3 is 0 Å². The van der Waals surface area contributed by atoms with Gasteiger partial charge in [-0.05, 0) is 47.6 Å². The normalized spacial score (nSPS) is 17.4. The number of ether oxygens (including phenoxy) is 2. The van der Waals surface area contributed by atoms with Gasteiger partial charge in [0.2, 0.25) is 5.82 Å². The second-order valence-corrected chi connectivity index (χ2v) is 7.49. The molecule has 0 aliphatic carbocycles. The summed E-state index contributed by atoms with van der Waals surface area (Å²) in [6.07, 6.45) is 4.16. The molecule has 5 rings (SSSR count). The molecular formula is C22H23N5O2. The third-order valence-electron chi connectivity index (χ3n) is 5.61. The average molecular weight is 389 g/mol. The number of aromatic nitrogens is 4. The van der Waals surface area contributed by atoms with E-state index in [1.54, 1.807) is 14.2 Å². The molecule has 0 unspecified atom stereocenters. The molecule has 7 nitrogen and oxygen atoms in total. The Morgan fingerprint density at radius 2 is 1.83 bits per heavy atom. The number of benzene rings is 2. The molecule has 0 amide bonds. The van der Waals surface area contributed by atoms with E-state index < -0.39 is 0 Å². The summed E-state index contributed by atoms with van der Waals surface area (Å²) in [6, 6.07) is 14.3. The highest BCUT2D eigenvalue weighted by Crippen LogP contribution is 2.46. The van der Waals surface area contributed by atoms with Crippen LogP contribution in [0.1, 0.15) is 24.0 Å². The lowest BCUT2D eigenvalue weighted by Gasteiger charge is -2.40. The molecule has 29 heavy (non-hydrogen) atoms. The van der Waals surface area contributed by atoms with Gasteiger partial charge in [-0.1, -0.05) is 30.3 Å². The Morgan fingerprint density at radius 3 is 2.52 bits per heavy atom. The second kappa shape index (κ2) is 7.00. The van der Waals surface area contributed by atoms with E-state index in [0.29, 0.717) is 5.82 Å². The van der Waals surface area contributed by atoms with Crippen molar-refractivity contribution in [3.63, 3.8) is 0 Å². The first kappa shape index (κ1) is 17.9. The second-order valence-electron chi connectivity index (χ2n) is 7.49. The zero-order valence-corrected chi connectivity index (χ0v) is 16.6. The van der Waals surface area contributed by atoms with Gasteiger partial charge in [0.05, 0.1) is 19.7 Å². The van der Waals surface area contributed by atoms with E-state index in [0.717, 1.165) is 59.7 Å². The highest BCUT2D eigenvalue weighted by molar-refractivity contribution is 5.88. The SMILES string of the molecule is COc1cccc2c1C(c1ccc(-c3nnn(C)n3)cc1)=CC1(CCNCC1)O2. The van der Waals surface area contributed by atoms with Crippen LogP contribution in [0.3, 0.4) is 0 Å². The molecule has 1 fully saturated rings. The molecule has 148 valence electrons. The van der Waals surface area contributed by atoms with Gasteiger partial charge in [-0.15, -0.1) is 10.2 Å². The maximum atomic E-state index is 6.52. The van der Waals surface area contributed by atoms with E-state index in [9.17, 15) is 0 Å². The average Bonchev–Trinajstić information content (AvgIpc) is 3.19. The van der Waals surface area contributed by atoms with Crippen molar-refractivity contribution in [1.82, 2.24) is 25.5 Å². The summed E-state index contributed by atoms with van der Waals surface area (Å²) < 4.78 is 12.2. The summed E-state index contributed by atoms with van der Waals surface area (Å²) in [4.78, 5) is 1.46.